The number of alkyl halides is 3. The second-order valence-electron chi connectivity index (χ2n) is 7.84. The Kier molecular flexibility index (Phi) is 7.06. The topological polar surface area (TPSA) is 105 Å². The van der Waals surface area contributed by atoms with Gasteiger partial charge in [0.2, 0.25) is 17.6 Å². The number of amides is 1. The smallest absolute Gasteiger partial charge is 0.451 e. The number of hydrogen-bond donors (Lipinski definition) is 2. The normalized spacial score (nSPS) is 13.1. The lowest BCUT2D eigenvalue weighted by Crippen LogP contribution is -2.37. The van der Waals surface area contributed by atoms with Crippen LogP contribution in [0, 0.1) is 0 Å². The zero-order valence-corrected chi connectivity index (χ0v) is 18.5. The molecule has 0 aliphatic carbocycles. The average molecular weight is 489 g/mol. The minimum absolute atomic E-state index is 0.0143. The summed E-state index contributed by atoms with van der Waals surface area (Å²) < 4.78 is 51.0. The maximum absolute atomic E-state index is 13.5. The Bertz CT molecular complexity index is 1210. The third-order valence-electron chi connectivity index (χ3n) is 5.38. The van der Waals surface area contributed by atoms with E-state index in [4.69, 9.17) is 14.3 Å². The number of nitrogens with zero attached hydrogens (tertiary/aromatic N) is 2. The number of carbonyl (C=O) groups is 2. The van der Waals surface area contributed by atoms with Gasteiger partial charge in [-0.1, -0.05) is 30.3 Å². The molecular formula is C24H22F3N3O5. The number of aliphatic carboxylic acids is 1. The van der Waals surface area contributed by atoms with E-state index in [1.165, 1.54) is 12.1 Å². The van der Waals surface area contributed by atoms with Crippen molar-refractivity contribution in [3.63, 3.8) is 0 Å². The van der Waals surface area contributed by atoms with Gasteiger partial charge in [-0.05, 0) is 30.2 Å². The number of ether oxygens (including phenoxy) is 1. The lowest BCUT2D eigenvalue weighted by atomic mass is 10.1. The first kappa shape index (κ1) is 24.3. The summed E-state index contributed by atoms with van der Waals surface area (Å²) in [4.78, 5) is 28.6. The second-order valence-corrected chi connectivity index (χ2v) is 7.84. The zero-order valence-electron chi connectivity index (χ0n) is 18.5. The van der Waals surface area contributed by atoms with Gasteiger partial charge in [-0.15, -0.1) is 0 Å². The number of fused-ring (bicyclic) bond motifs is 1. The van der Waals surface area contributed by atoms with Gasteiger partial charge < -0.3 is 24.5 Å². The van der Waals surface area contributed by atoms with E-state index in [-0.39, 0.29) is 49.2 Å². The molecule has 1 aliphatic heterocycles. The molecular weight excluding hydrogens is 467 g/mol. The standard InChI is InChI=1S/C24H22F3N3O5/c25-24(26,27)23-22(15-4-2-1-3-5-15)29-19(35-23)14-34-17-6-7-18-16(12-17)9-11-30(18)20(31)13-28-10-8-21(32)33/h1-7,12,28H,8-11,13-14H2,(H,32,33). The lowest BCUT2D eigenvalue weighted by molar-refractivity contribution is -0.153. The number of carboxylic acid groups (broad SMARTS) is 1. The van der Waals surface area contributed by atoms with Crippen LogP contribution in [0.3, 0.4) is 0 Å². The average Bonchev–Trinajstić information content (AvgIpc) is 3.45. The van der Waals surface area contributed by atoms with Crippen LogP contribution in [0.5, 0.6) is 5.75 Å². The number of nitrogens with one attached hydrogen (secondary N) is 1. The van der Waals surface area contributed by atoms with Crippen LogP contribution in [-0.2, 0) is 28.8 Å². The number of oxazole rings is 1. The predicted molar refractivity (Wildman–Crippen MR) is 119 cm³/mol. The van der Waals surface area contributed by atoms with Gasteiger partial charge in [0, 0.05) is 24.3 Å². The zero-order chi connectivity index (χ0) is 25.0. The van der Waals surface area contributed by atoms with E-state index in [0.717, 1.165) is 5.56 Å². The second kappa shape index (κ2) is 10.2. The van der Waals surface area contributed by atoms with Crippen LogP contribution >= 0.6 is 0 Å². The van der Waals surface area contributed by atoms with Crippen LogP contribution in [0.15, 0.2) is 52.9 Å². The van der Waals surface area contributed by atoms with E-state index in [1.54, 1.807) is 41.3 Å². The summed E-state index contributed by atoms with van der Waals surface area (Å²) in [5.41, 5.74) is 1.56. The number of halogens is 3. The fourth-order valence-corrected chi connectivity index (χ4v) is 3.77. The first-order chi connectivity index (χ1) is 16.7. The van der Waals surface area contributed by atoms with Crippen LogP contribution in [-0.4, -0.2) is 41.6 Å². The SMILES string of the molecule is O=C(O)CCNCC(=O)N1CCc2cc(OCc3nc(-c4ccccc4)c(C(F)(F)F)o3)ccc21. The summed E-state index contributed by atoms with van der Waals surface area (Å²) in [5.74, 6) is -2.11. The molecule has 184 valence electrons. The van der Waals surface area contributed by atoms with Crippen molar-refractivity contribution in [1.82, 2.24) is 10.3 Å². The molecule has 35 heavy (non-hydrogen) atoms. The highest BCUT2D eigenvalue weighted by atomic mass is 19.4. The molecule has 11 heteroatoms. The number of carbonyl (C=O) groups excluding carboxylic acids is 1. The van der Waals surface area contributed by atoms with E-state index in [0.29, 0.717) is 24.4 Å². The van der Waals surface area contributed by atoms with Gasteiger partial charge >= 0.3 is 12.1 Å². The van der Waals surface area contributed by atoms with Crippen molar-refractivity contribution in [3.05, 3.63) is 65.7 Å². The van der Waals surface area contributed by atoms with Gasteiger partial charge in [-0.25, -0.2) is 4.98 Å². The molecule has 0 bridgehead atoms. The van der Waals surface area contributed by atoms with Gasteiger partial charge in [0.25, 0.3) is 0 Å². The molecule has 2 heterocycles. The Labute approximate surface area is 198 Å². The Balaban J connectivity index is 1.41. The quantitative estimate of drug-likeness (QED) is 0.440. The van der Waals surface area contributed by atoms with E-state index in [9.17, 15) is 22.8 Å². The molecule has 0 saturated heterocycles. The van der Waals surface area contributed by atoms with Crippen molar-refractivity contribution in [2.45, 2.75) is 25.6 Å². The third-order valence-corrected chi connectivity index (χ3v) is 5.38. The molecule has 1 amide bonds. The maximum atomic E-state index is 13.5. The number of hydrogen-bond acceptors (Lipinski definition) is 6. The van der Waals surface area contributed by atoms with E-state index >= 15 is 0 Å². The minimum Gasteiger partial charge on any atom is -0.484 e. The van der Waals surface area contributed by atoms with Crippen LogP contribution in [0.25, 0.3) is 11.3 Å². The Morgan fingerprint density at radius 3 is 2.66 bits per heavy atom. The molecule has 2 aromatic carbocycles. The van der Waals surface area contributed by atoms with Gasteiger partial charge in [-0.3, -0.25) is 9.59 Å². The molecule has 0 unspecified atom stereocenters. The van der Waals surface area contributed by atoms with Crippen molar-refractivity contribution in [2.75, 3.05) is 24.5 Å². The predicted octanol–water partition coefficient (Wildman–Crippen LogP) is 3.89. The Morgan fingerprint density at radius 1 is 1.17 bits per heavy atom. The van der Waals surface area contributed by atoms with Crippen molar-refractivity contribution < 1.29 is 37.0 Å². The maximum Gasteiger partial charge on any atom is 0.451 e. The van der Waals surface area contributed by atoms with E-state index < -0.39 is 17.9 Å². The molecule has 0 spiro atoms. The Hall–Kier alpha value is -3.86. The molecule has 0 radical (unpaired) electrons. The molecule has 1 aliphatic rings. The highest BCUT2D eigenvalue weighted by Gasteiger charge is 2.40. The highest BCUT2D eigenvalue weighted by molar-refractivity contribution is 5.96. The van der Waals surface area contributed by atoms with Gasteiger partial charge in [0.1, 0.15) is 11.4 Å². The number of carboxylic acids is 1. The number of anilines is 1. The largest absolute Gasteiger partial charge is 0.484 e. The first-order valence-corrected chi connectivity index (χ1v) is 10.8. The molecule has 8 nitrogen and oxygen atoms in total. The molecule has 2 N–H and O–H groups in total. The highest BCUT2D eigenvalue weighted by Crippen LogP contribution is 2.38. The van der Waals surface area contributed by atoms with Crippen LogP contribution in [0.1, 0.15) is 23.6 Å². The van der Waals surface area contributed by atoms with Crippen molar-refractivity contribution >= 4 is 17.6 Å². The van der Waals surface area contributed by atoms with Crippen molar-refractivity contribution in [1.29, 1.82) is 0 Å². The lowest BCUT2D eigenvalue weighted by Gasteiger charge is -2.18. The third kappa shape index (κ3) is 5.80. The monoisotopic (exact) mass is 489 g/mol. The molecule has 4 rings (SSSR count). The summed E-state index contributed by atoms with van der Waals surface area (Å²) in [6, 6.07) is 13.0. The summed E-state index contributed by atoms with van der Waals surface area (Å²) in [6.45, 7) is 0.371. The minimum atomic E-state index is -4.71. The number of aromatic nitrogens is 1. The van der Waals surface area contributed by atoms with Gasteiger partial charge in [-0.2, -0.15) is 13.2 Å². The van der Waals surface area contributed by atoms with E-state index in [2.05, 4.69) is 10.3 Å². The van der Waals surface area contributed by atoms with Crippen LogP contribution in [0.2, 0.25) is 0 Å². The van der Waals surface area contributed by atoms with Crippen molar-refractivity contribution in [2.24, 2.45) is 0 Å². The first-order valence-electron chi connectivity index (χ1n) is 10.8. The molecule has 3 aromatic rings. The molecule has 0 saturated carbocycles. The summed E-state index contributed by atoms with van der Waals surface area (Å²) in [7, 11) is 0. The molecule has 1 aromatic heterocycles. The summed E-state index contributed by atoms with van der Waals surface area (Å²) >= 11 is 0. The van der Waals surface area contributed by atoms with Gasteiger partial charge in [0.05, 0.1) is 13.0 Å². The number of benzene rings is 2. The summed E-state index contributed by atoms with van der Waals surface area (Å²) in [5, 5.41) is 11.5. The molecule has 0 atom stereocenters. The van der Waals surface area contributed by atoms with Gasteiger partial charge in [0.15, 0.2) is 6.61 Å². The molecule has 0 fully saturated rings. The fraction of sp³-hybridized carbons (Fsp3) is 0.292. The Morgan fingerprint density at radius 2 is 1.94 bits per heavy atom. The van der Waals surface area contributed by atoms with E-state index in [1.807, 2.05) is 0 Å². The van der Waals surface area contributed by atoms with Crippen LogP contribution in [0.4, 0.5) is 18.9 Å². The van der Waals surface area contributed by atoms with Crippen molar-refractivity contribution in [3.8, 4) is 17.0 Å². The van der Waals surface area contributed by atoms with Crippen LogP contribution < -0.4 is 15.0 Å². The summed E-state index contributed by atoms with van der Waals surface area (Å²) in [6.07, 6.45) is -4.20. The fourth-order valence-electron chi connectivity index (χ4n) is 3.77. The number of rotatable bonds is 9.